The van der Waals surface area contributed by atoms with Crippen LogP contribution in [0.5, 0.6) is 0 Å². The molecule has 1 fully saturated rings. The van der Waals surface area contributed by atoms with E-state index in [4.69, 9.17) is 4.74 Å². The highest BCUT2D eigenvalue weighted by atomic mass is 32.2. The molecule has 0 bridgehead atoms. The van der Waals surface area contributed by atoms with Crippen LogP contribution in [0.25, 0.3) is 0 Å². The second kappa shape index (κ2) is 4.61. The fraction of sp³-hybridized carbons (Fsp3) is 0.667. The Balaban J connectivity index is 2.07. The number of aromatic nitrogens is 1. The van der Waals surface area contributed by atoms with E-state index in [1.165, 1.54) is 11.3 Å². The van der Waals surface area contributed by atoms with E-state index >= 15 is 0 Å². The van der Waals surface area contributed by atoms with Crippen LogP contribution in [0, 0.1) is 6.92 Å². The first-order valence-electron chi connectivity index (χ1n) is 4.56. The Morgan fingerprint density at radius 3 is 3.14 bits per heavy atom. The lowest BCUT2D eigenvalue weighted by Gasteiger charge is -2.26. The van der Waals surface area contributed by atoms with E-state index in [-0.39, 0.29) is 6.10 Å². The van der Waals surface area contributed by atoms with Crippen molar-refractivity contribution in [1.29, 1.82) is 0 Å². The van der Waals surface area contributed by atoms with Crippen LogP contribution in [0.2, 0.25) is 0 Å². The molecule has 0 aliphatic carbocycles. The van der Waals surface area contributed by atoms with Crippen molar-refractivity contribution in [1.82, 2.24) is 4.98 Å². The SMILES string of the molecule is Cc1ncsc1C(O)C1CSCCO1. The molecule has 78 valence electrons. The minimum Gasteiger partial charge on any atom is -0.385 e. The molecule has 1 aromatic rings. The van der Waals surface area contributed by atoms with Crippen molar-refractivity contribution in [2.45, 2.75) is 19.1 Å². The fourth-order valence-corrected chi connectivity index (χ4v) is 3.18. The van der Waals surface area contributed by atoms with Gasteiger partial charge < -0.3 is 9.84 Å². The van der Waals surface area contributed by atoms with Gasteiger partial charge in [0, 0.05) is 11.5 Å². The summed E-state index contributed by atoms with van der Waals surface area (Å²) in [7, 11) is 0. The Morgan fingerprint density at radius 2 is 2.57 bits per heavy atom. The van der Waals surface area contributed by atoms with Gasteiger partial charge in [0.05, 0.1) is 28.8 Å². The number of nitrogens with zero attached hydrogens (tertiary/aromatic N) is 1. The molecule has 2 heterocycles. The van der Waals surface area contributed by atoms with Gasteiger partial charge in [-0.15, -0.1) is 11.3 Å². The summed E-state index contributed by atoms with van der Waals surface area (Å²) in [6.45, 7) is 2.66. The number of rotatable bonds is 2. The van der Waals surface area contributed by atoms with Gasteiger partial charge in [-0.25, -0.2) is 4.98 Å². The first kappa shape index (κ1) is 10.4. The minimum absolute atomic E-state index is 0.0621. The standard InChI is InChI=1S/C9H13NO2S2/c1-6-9(14-5-10-6)8(11)7-4-13-3-2-12-7/h5,7-8,11H,2-4H2,1H3. The van der Waals surface area contributed by atoms with Crippen LogP contribution < -0.4 is 0 Å². The van der Waals surface area contributed by atoms with Crippen LogP contribution in [-0.4, -0.2) is 34.3 Å². The van der Waals surface area contributed by atoms with Crippen LogP contribution in [0.15, 0.2) is 5.51 Å². The van der Waals surface area contributed by atoms with E-state index in [1.54, 1.807) is 5.51 Å². The minimum atomic E-state index is -0.504. The van der Waals surface area contributed by atoms with E-state index in [0.29, 0.717) is 0 Å². The molecule has 3 nitrogen and oxygen atoms in total. The Bertz CT molecular complexity index is 297. The van der Waals surface area contributed by atoms with Gasteiger partial charge in [0.1, 0.15) is 6.10 Å². The number of ether oxygens (including phenoxy) is 1. The zero-order valence-electron chi connectivity index (χ0n) is 7.97. The highest BCUT2D eigenvalue weighted by molar-refractivity contribution is 7.99. The van der Waals surface area contributed by atoms with E-state index in [0.717, 1.165) is 28.7 Å². The zero-order valence-corrected chi connectivity index (χ0v) is 9.61. The van der Waals surface area contributed by atoms with Crippen molar-refractivity contribution in [2.24, 2.45) is 0 Å². The van der Waals surface area contributed by atoms with Gasteiger partial charge in [-0.1, -0.05) is 0 Å². The molecule has 0 radical (unpaired) electrons. The van der Waals surface area contributed by atoms with Gasteiger partial charge in [0.2, 0.25) is 0 Å². The second-order valence-electron chi connectivity index (χ2n) is 3.23. The van der Waals surface area contributed by atoms with Crippen LogP contribution in [0.1, 0.15) is 16.7 Å². The number of aliphatic hydroxyl groups excluding tert-OH is 1. The molecule has 14 heavy (non-hydrogen) atoms. The Hall–Kier alpha value is -0.100. The molecule has 2 atom stereocenters. The number of hydrogen-bond acceptors (Lipinski definition) is 5. The van der Waals surface area contributed by atoms with Gasteiger partial charge in [-0.2, -0.15) is 11.8 Å². The molecule has 2 unspecified atom stereocenters. The largest absolute Gasteiger partial charge is 0.385 e. The van der Waals surface area contributed by atoms with E-state index in [9.17, 15) is 5.11 Å². The monoisotopic (exact) mass is 231 g/mol. The van der Waals surface area contributed by atoms with Crippen LogP contribution >= 0.6 is 23.1 Å². The summed E-state index contributed by atoms with van der Waals surface area (Å²) >= 11 is 3.33. The van der Waals surface area contributed by atoms with Crippen molar-refractivity contribution in [3.8, 4) is 0 Å². The summed E-state index contributed by atoms with van der Waals surface area (Å²) in [5, 5.41) is 10.0. The van der Waals surface area contributed by atoms with Crippen LogP contribution in [-0.2, 0) is 4.74 Å². The normalized spacial score (nSPS) is 24.9. The smallest absolute Gasteiger partial charge is 0.117 e. The second-order valence-corrected chi connectivity index (χ2v) is 5.27. The maximum atomic E-state index is 10.0. The van der Waals surface area contributed by atoms with Crippen LogP contribution in [0.3, 0.4) is 0 Å². The molecule has 1 aliphatic heterocycles. The average molecular weight is 231 g/mol. The lowest BCUT2D eigenvalue weighted by atomic mass is 10.1. The molecule has 0 amide bonds. The summed E-state index contributed by atoms with van der Waals surface area (Å²) in [6, 6.07) is 0. The number of hydrogen-bond donors (Lipinski definition) is 1. The molecule has 0 saturated carbocycles. The molecular weight excluding hydrogens is 218 g/mol. The van der Waals surface area contributed by atoms with Crippen LogP contribution in [0.4, 0.5) is 0 Å². The van der Waals surface area contributed by atoms with Crippen molar-refractivity contribution in [2.75, 3.05) is 18.1 Å². The number of thiazole rings is 1. The van der Waals surface area contributed by atoms with Gasteiger partial charge in [-0.05, 0) is 6.92 Å². The highest BCUT2D eigenvalue weighted by Gasteiger charge is 2.26. The molecular formula is C9H13NO2S2. The van der Waals surface area contributed by atoms with Crippen molar-refractivity contribution >= 4 is 23.1 Å². The number of thioether (sulfide) groups is 1. The van der Waals surface area contributed by atoms with Gasteiger partial charge in [0.25, 0.3) is 0 Å². The van der Waals surface area contributed by atoms with Gasteiger partial charge in [0.15, 0.2) is 0 Å². The highest BCUT2D eigenvalue weighted by Crippen LogP contribution is 2.29. The molecule has 0 aromatic carbocycles. The fourth-order valence-electron chi connectivity index (χ4n) is 1.45. The lowest BCUT2D eigenvalue weighted by molar-refractivity contribution is -0.0214. The molecule has 5 heteroatoms. The van der Waals surface area contributed by atoms with E-state index < -0.39 is 6.10 Å². The molecule has 1 N–H and O–H groups in total. The molecule has 0 spiro atoms. The molecule has 2 rings (SSSR count). The molecule has 1 saturated heterocycles. The molecule has 1 aromatic heterocycles. The Kier molecular flexibility index (Phi) is 3.43. The summed E-state index contributed by atoms with van der Waals surface area (Å²) in [5.41, 5.74) is 2.69. The summed E-state index contributed by atoms with van der Waals surface area (Å²) in [4.78, 5) is 5.07. The van der Waals surface area contributed by atoms with E-state index in [2.05, 4.69) is 4.98 Å². The Morgan fingerprint density at radius 1 is 1.71 bits per heavy atom. The maximum absolute atomic E-state index is 10.0. The van der Waals surface area contributed by atoms with Crippen molar-refractivity contribution in [3.63, 3.8) is 0 Å². The average Bonchev–Trinajstić information content (AvgIpc) is 2.65. The summed E-state index contributed by atoms with van der Waals surface area (Å²) in [6.07, 6.45) is -0.566. The van der Waals surface area contributed by atoms with Crippen molar-refractivity contribution < 1.29 is 9.84 Å². The summed E-state index contributed by atoms with van der Waals surface area (Å²) in [5.74, 6) is 1.91. The lowest BCUT2D eigenvalue weighted by Crippen LogP contribution is -2.29. The number of aliphatic hydroxyl groups is 1. The predicted molar refractivity (Wildman–Crippen MR) is 58.9 cm³/mol. The first-order valence-corrected chi connectivity index (χ1v) is 6.60. The van der Waals surface area contributed by atoms with E-state index in [1.807, 2.05) is 18.7 Å². The third kappa shape index (κ3) is 2.11. The third-order valence-electron chi connectivity index (χ3n) is 2.25. The maximum Gasteiger partial charge on any atom is 0.117 e. The molecule has 1 aliphatic rings. The van der Waals surface area contributed by atoms with Gasteiger partial charge >= 0.3 is 0 Å². The Labute approximate surface area is 91.5 Å². The third-order valence-corrected chi connectivity index (χ3v) is 4.27. The topological polar surface area (TPSA) is 42.4 Å². The first-order chi connectivity index (χ1) is 6.79. The quantitative estimate of drug-likeness (QED) is 0.840. The number of aryl methyl sites for hydroxylation is 1. The summed E-state index contributed by atoms with van der Waals surface area (Å²) < 4.78 is 5.53. The predicted octanol–water partition coefficient (Wildman–Crippen LogP) is 1.62. The zero-order chi connectivity index (χ0) is 9.97. The van der Waals surface area contributed by atoms with Crippen molar-refractivity contribution in [3.05, 3.63) is 16.1 Å². The van der Waals surface area contributed by atoms with Gasteiger partial charge in [-0.3, -0.25) is 0 Å².